The number of fused-ring (bicyclic) bond motifs is 1. The van der Waals surface area contributed by atoms with Crippen molar-refractivity contribution in [2.75, 3.05) is 32.7 Å². The van der Waals surface area contributed by atoms with Crippen LogP contribution in [0.3, 0.4) is 0 Å². The molecular formula is C22H33N5O2. The molecule has 0 spiro atoms. The van der Waals surface area contributed by atoms with E-state index < -0.39 is 5.54 Å². The number of aromatic nitrogens is 1. The Labute approximate surface area is 173 Å². The van der Waals surface area contributed by atoms with Crippen LogP contribution in [0.4, 0.5) is 0 Å². The summed E-state index contributed by atoms with van der Waals surface area (Å²) in [6.07, 6.45) is 6.05. The Bertz CT molecular complexity index is 730. The van der Waals surface area contributed by atoms with Crippen LogP contribution in [0, 0.1) is 0 Å². The molecule has 3 heterocycles. The summed E-state index contributed by atoms with van der Waals surface area (Å²) >= 11 is 0. The highest BCUT2D eigenvalue weighted by molar-refractivity contribution is 5.93. The van der Waals surface area contributed by atoms with Crippen LogP contribution in [0.25, 0.3) is 0 Å². The Morgan fingerprint density at radius 2 is 1.86 bits per heavy atom. The Hall–Kier alpha value is -1.99. The molecule has 3 fully saturated rings. The first-order chi connectivity index (χ1) is 13.9. The zero-order valence-corrected chi connectivity index (χ0v) is 17.6. The molecule has 7 heteroatoms. The van der Waals surface area contributed by atoms with E-state index in [2.05, 4.69) is 26.2 Å². The molecule has 2 amide bonds. The Morgan fingerprint density at radius 3 is 2.59 bits per heavy atom. The second kappa shape index (κ2) is 8.40. The predicted molar refractivity (Wildman–Crippen MR) is 111 cm³/mol. The first-order valence-corrected chi connectivity index (χ1v) is 10.9. The minimum atomic E-state index is -0.781. The SMILES string of the molecule is CC1(C)C(=O)N[C@@H]2CCCC[C@@H]2N1C(=O)CN1CCN(Cc2ccccn2)CC1. The van der Waals surface area contributed by atoms with Gasteiger partial charge in [-0.1, -0.05) is 18.9 Å². The predicted octanol–water partition coefficient (Wildman–Crippen LogP) is 1.25. The standard InChI is InChI=1S/C22H33N5O2/c1-22(2)21(29)24-18-8-3-4-9-19(18)27(22)20(28)16-26-13-11-25(12-14-26)15-17-7-5-6-10-23-17/h5-7,10,18-19H,3-4,8-9,11-16H2,1-2H3,(H,24,29)/t18-,19+/m1/s1. The van der Waals surface area contributed by atoms with Crippen molar-refractivity contribution < 1.29 is 9.59 Å². The summed E-state index contributed by atoms with van der Waals surface area (Å²) in [5, 5.41) is 3.17. The molecule has 2 aliphatic heterocycles. The molecule has 2 saturated heterocycles. The van der Waals surface area contributed by atoms with Crippen molar-refractivity contribution in [3.8, 4) is 0 Å². The summed E-state index contributed by atoms with van der Waals surface area (Å²) in [6, 6.07) is 6.26. The van der Waals surface area contributed by atoms with Crippen LogP contribution in [-0.4, -0.2) is 81.8 Å². The van der Waals surface area contributed by atoms with Crippen molar-refractivity contribution in [1.82, 2.24) is 25.0 Å². The number of hydrogen-bond donors (Lipinski definition) is 1. The quantitative estimate of drug-likeness (QED) is 0.825. The maximum absolute atomic E-state index is 13.3. The second-order valence-electron chi connectivity index (χ2n) is 9.13. The number of hydrogen-bond acceptors (Lipinski definition) is 5. The summed E-state index contributed by atoms with van der Waals surface area (Å²) < 4.78 is 0. The molecule has 3 aliphatic rings. The normalized spacial score (nSPS) is 27.9. The van der Waals surface area contributed by atoms with E-state index >= 15 is 0 Å². The molecule has 1 aromatic rings. The van der Waals surface area contributed by atoms with E-state index in [4.69, 9.17) is 0 Å². The average Bonchev–Trinajstić information content (AvgIpc) is 2.71. The monoisotopic (exact) mass is 399 g/mol. The molecule has 1 aliphatic carbocycles. The number of rotatable bonds is 4. The molecule has 1 aromatic heterocycles. The van der Waals surface area contributed by atoms with Crippen molar-refractivity contribution >= 4 is 11.8 Å². The molecule has 4 rings (SSSR count). The third-order valence-corrected chi connectivity index (χ3v) is 6.74. The Morgan fingerprint density at radius 1 is 1.14 bits per heavy atom. The van der Waals surface area contributed by atoms with Gasteiger partial charge in [-0.3, -0.25) is 24.4 Å². The van der Waals surface area contributed by atoms with Crippen LogP contribution in [0.15, 0.2) is 24.4 Å². The van der Waals surface area contributed by atoms with Gasteiger partial charge in [0, 0.05) is 45.0 Å². The van der Waals surface area contributed by atoms with E-state index in [0.29, 0.717) is 6.54 Å². The topological polar surface area (TPSA) is 68.8 Å². The van der Waals surface area contributed by atoms with E-state index in [9.17, 15) is 9.59 Å². The third kappa shape index (κ3) is 4.31. The fraction of sp³-hybridized carbons (Fsp3) is 0.682. The molecular weight excluding hydrogens is 366 g/mol. The van der Waals surface area contributed by atoms with Gasteiger partial charge >= 0.3 is 0 Å². The summed E-state index contributed by atoms with van der Waals surface area (Å²) in [5.41, 5.74) is 0.303. The Kier molecular flexibility index (Phi) is 5.88. The molecule has 158 valence electrons. The van der Waals surface area contributed by atoms with Crippen LogP contribution in [0.5, 0.6) is 0 Å². The lowest BCUT2D eigenvalue weighted by Crippen LogP contribution is -2.72. The van der Waals surface area contributed by atoms with Gasteiger partial charge < -0.3 is 10.2 Å². The number of piperazine rings is 2. The van der Waals surface area contributed by atoms with E-state index in [1.54, 1.807) is 0 Å². The van der Waals surface area contributed by atoms with E-state index in [0.717, 1.165) is 64.1 Å². The van der Waals surface area contributed by atoms with Crippen molar-refractivity contribution in [3.63, 3.8) is 0 Å². The highest BCUT2D eigenvalue weighted by Crippen LogP contribution is 2.33. The lowest BCUT2D eigenvalue weighted by molar-refractivity contribution is -0.158. The number of carbonyl (C=O) groups excluding carboxylic acids is 2. The van der Waals surface area contributed by atoms with Crippen LogP contribution in [0.2, 0.25) is 0 Å². The number of nitrogens with one attached hydrogen (secondary N) is 1. The smallest absolute Gasteiger partial charge is 0.245 e. The lowest BCUT2D eigenvalue weighted by Gasteiger charge is -2.52. The minimum absolute atomic E-state index is 0.0193. The zero-order chi connectivity index (χ0) is 20.4. The molecule has 0 bridgehead atoms. The molecule has 0 aromatic carbocycles. The number of carbonyl (C=O) groups is 2. The Balaban J connectivity index is 1.35. The van der Waals surface area contributed by atoms with Crippen molar-refractivity contribution in [2.45, 2.75) is 63.7 Å². The van der Waals surface area contributed by atoms with E-state index in [1.165, 1.54) is 0 Å². The van der Waals surface area contributed by atoms with E-state index in [1.807, 2.05) is 37.1 Å². The molecule has 0 radical (unpaired) electrons. The van der Waals surface area contributed by atoms with Gasteiger partial charge in [-0.05, 0) is 38.8 Å². The first kappa shape index (κ1) is 20.3. The lowest BCUT2D eigenvalue weighted by atomic mass is 9.82. The number of pyridine rings is 1. The van der Waals surface area contributed by atoms with Gasteiger partial charge in [0.15, 0.2) is 0 Å². The van der Waals surface area contributed by atoms with Crippen molar-refractivity contribution in [1.29, 1.82) is 0 Å². The van der Waals surface area contributed by atoms with Crippen LogP contribution in [-0.2, 0) is 16.1 Å². The van der Waals surface area contributed by atoms with Gasteiger partial charge in [-0.2, -0.15) is 0 Å². The summed E-state index contributed by atoms with van der Waals surface area (Å²) in [6.45, 7) is 8.62. The second-order valence-corrected chi connectivity index (χ2v) is 9.13. The molecule has 1 saturated carbocycles. The maximum Gasteiger partial charge on any atom is 0.245 e. The summed E-state index contributed by atoms with van der Waals surface area (Å²) in [5.74, 6) is 0.0779. The highest BCUT2D eigenvalue weighted by Gasteiger charge is 2.50. The third-order valence-electron chi connectivity index (χ3n) is 6.74. The van der Waals surface area contributed by atoms with Gasteiger partial charge in [0.05, 0.1) is 18.3 Å². The van der Waals surface area contributed by atoms with Crippen LogP contribution in [0.1, 0.15) is 45.2 Å². The molecule has 2 atom stereocenters. The van der Waals surface area contributed by atoms with Crippen molar-refractivity contribution in [2.24, 2.45) is 0 Å². The fourth-order valence-electron chi connectivity index (χ4n) is 5.05. The molecule has 29 heavy (non-hydrogen) atoms. The highest BCUT2D eigenvalue weighted by atomic mass is 16.2. The first-order valence-electron chi connectivity index (χ1n) is 10.9. The van der Waals surface area contributed by atoms with Gasteiger partial charge in [-0.25, -0.2) is 0 Å². The number of amides is 2. The molecule has 0 unspecified atom stereocenters. The minimum Gasteiger partial charge on any atom is -0.349 e. The summed E-state index contributed by atoms with van der Waals surface area (Å²) in [7, 11) is 0. The average molecular weight is 400 g/mol. The zero-order valence-electron chi connectivity index (χ0n) is 17.6. The van der Waals surface area contributed by atoms with E-state index in [-0.39, 0.29) is 23.9 Å². The largest absolute Gasteiger partial charge is 0.349 e. The number of nitrogens with zero attached hydrogens (tertiary/aromatic N) is 4. The van der Waals surface area contributed by atoms with Gasteiger partial charge in [0.2, 0.25) is 11.8 Å². The fourth-order valence-corrected chi connectivity index (χ4v) is 5.05. The van der Waals surface area contributed by atoms with Gasteiger partial charge in [-0.15, -0.1) is 0 Å². The van der Waals surface area contributed by atoms with Gasteiger partial charge in [0.25, 0.3) is 0 Å². The molecule has 7 nitrogen and oxygen atoms in total. The molecule has 1 N–H and O–H groups in total. The van der Waals surface area contributed by atoms with Gasteiger partial charge in [0.1, 0.15) is 5.54 Å². The van der Waals surface area contributed by atoms with Crippen LogP contribution >= 0.6 is 0 Å². The van der Waals surface area contributed by atoms with Crippen LogP contribution < -0.4 is 5.32 Å². The summed E-state index contributed by atoms with van der Waals surface area (Å²) in [4.78, 5) is 36.9. The maximum atomic E-state index is 13.3. The van der Waals surface area contributed by atoms with Crippen molar-refractivity contribution in [3.05, 3.63) is 30.1 Å².